The molecule has 0 unspecified atom stereocenters. The van der Waals surface area contributed by atoms with E-state index < -0.39 is 5.97 Å². The molecule has 0 heterocycles. The molecule has 0 aliphatic carbocycles. The molecule has 0 atom stereocenters. The summed E-state index contributed by atoms with van der Waals surface area (Å²) in [6.45, 7) is -0.108. The molecule has 0 fully saturated rings. The molecule has 1 rings (SSSR count). The zero-order valence-electron chi connectivity index (χ0n) is 10.1. The van der Waals surface area contributed by atoms with Crippen LogP contribution >= 0.6 is 0 Å². The minimum absolute atomic E-state index is 0.108. The number of methoxy groups -OCH3 is 1. The summed E-state index contributed by atoms with van der Waals surface area (Å²) in [5, 5.41) is 11.1. The van der Waals surface area contributed by atoms with Crippen LogP contribution < -0.4 is 5.32 Å². The van der Waals surface area contributed by atoms with E-state index in [4.69, 9.17) is 5.26 Å². The summed E-state index contributed by atoms with van der Waals surface area (Å²) >= 11 is 0. The normalized spacial score (nSPS) is 9.33. The van der Waals surface area contributed by atoms with Gasteiger partial charge in [-0.3, -0.25) is 9.59 Å². The molecule has 5 nitrogen and oxygen atoms in total. The smallest absolute Gasteiger partial charge is 0.325 e. The first kappa shape index (κ1) is 13.7. The van der Waals surface area contributed by atoms with Gasteiger partial charge in [0.2, 0.25) is 5.91 Å². The summed E-state index contributed by atoms with van der Waals surface area (Å²) in [5.74, 6) is -0.675. The fourth-order valence-electron chi connectivity index (χ4n) is 1.34. The van der Waals surface area contributed by atoms with E-state index in [2.05, 4.69) is 10.1 Å². The predicted octanol–water partition coefficient (Wildman–Crippen LogP) is 0.780. The van der Waals surface area contributed by atoms with Crippen molar-refractivity contribution in [3.05, 3.63) is 35.4 Å². The molecule has 0 aliphatic heterocycles. The molecule has 1 N–H and O–H groups in total. The molecule has 18 heavy (non-hydrogen) atoms. The Morgan fingerprint density at radius 2 is 2.00 bits per heavy atom. The molecular weight excluding hydrogens is 232 g/mol. The van der Waals surface area contributed by atoms with Crippen molar-refractivity contribution in [1.29, 1.82) is 5.26 Å². The summed E-state index contributed by atoms with van der Waals surface area (Å²) in [7, 11) is 1.27. The van der Waals surface area contributed by atoms with Crippen molar-refractivity contribution in [3.63, 3.8) is 0 Å². The Morgan fingerprint density at radius 1 is 1.33 bits per heavy atom. The number of nitriles is 1. The maximum absolute atomic E-state index is 11.4. The zero-order chi connectivity index (χ0) is 13.4. The van der Waals surface area contributed by atoms with Crippen molar-refractivity contribution in [1.82, 2.24) is 5.32 Å². The molecule has 1 amide bonds. The third kappa shape index (κ3) is 4.66. The number of hydrogen-bond donors (Lipinski definition) is 1. The number of nitrogens with zero attached hydrogens (tertiary/aromatic N) is 1. The van der Waals surface area contributed by atoms with Crippen LogP contribution in [0.25, 0.3) is 0 Å². The number of aryl methyl sites for hydroxylation is 1. The van der Waals surface area contributed by atoms with E-state index in [1.165, 1.54) is 7.11 Å². The maximum Gasteiger partial charge on any atom is 0.325 e. The second-order valence-electron chi connectivity index (χ2n) is 3.66. The fraction of sp³-hybridized carbons (Fsp3) is 0.308. The van der Waals surface area contributed by atoms with Gasteiger partial charge in [0.05, 0.1) is 18.7 Å². The van der Waals surface area contributed by atoms with Crippen LogP contribution in [0.15, 0.2) is 24.3 Å². The number of rotatable bonds is 5. The van der Waals surface area contributed by atoms with Gasteiger partial charge in [-0.15, -0.1) is 0 Å². The van der Waals surface area contributed by atoms with Crippen molar-refractivity contribution in [2.45, 2.75) is 12.8 Å². The van der Waals surface area contributed by atoms with Crippen molar-refractivity contribution >= 4 is 11.9 Å². The zero-order valence-corrected chi connectivity index (χ0v) is 10.1. The number of hydrogen-bond acceptors (Lipinski definition) is 4. The van der Waals surface area contributed by atoms with E-state index in [1.807, 2.05) is 18.2 Å². The Kier molecular flexibility index (Phi) is 5.39. The first-order chi connectivity index (χ1) is 8.65. The first-order valence-corrected chi connectivity index (χ1v) is 5.48. The van der Waals surface area contributed by atoms with Gasteiger partial charge in [0.25, 0.3) is 0 Å². The Balaban J connectivity index is 2.33. The summed E-state index contributed by atoms with van der Waals surface area (Å²) in [6, 6.07) is 9.07. The van der Waals surface area contributed by atoms with Gasteiger partial charge >= 0.3 is 5.97 Å². The fourth-order valence-corrected chi connectivity index (χ4v) is 1.34. The van der Waals surface area contributed by atoms with Crippen LogP contribution in [0.2, 0.25) is 0 Å². The van der Waals surface area contributed by atoms with Crippen molar-refractivity contribution in [2.75, 3.05) is 13.7 Å². The molecule has 94 valence electrons. The Hall–Kier alpha value is -2.35. The summed E-state index contributed by atoms with van der Waals surface area (Å²) in [6.07, 6.45) is 0.863. The van der Waals surface area contributed by atoms with Crippen LogP contribution in [-0.4, -0.2) is 25.5 Å². The summed E-state index contributed by atoms with van der Waals surface area (Å²) < 4.78 is 4.40. The lowest BCUT2D eigenvalue weighted by atomic mass is 10.1. The van der Waals surface area contributed by atoms with Crippen LogP contribution in [-0.2, 0) is 20.7 Å². The van der Waals surface area contributed by atoms with Crippen LogP contribution in [0, 0.1) is 11.3 Å². The molecule has 0 aromatic heterocycles. The number of esters is 1. The average Bonchev–Trinajstić information content (AvgIpc) is 2.42. The van der Waals surface area contributed by atoms with Gasteiger partial charge in [0.1, 0.15) is 6.54 Å². The Morgan fingerprint density at radius 3 is 2.56 bits per heavy atom. The van der Waals surface area contributed by atoms with E-state index in [0.29, 0.717) is 18.4 Å². The number of carbonyl (C=O) groups excluding carboxylic acids is 2. The molecule has 1 aromatic carbocycles. The minimum Gasteiger partial charge on any atom is -0.468 e. The van der Waals surface area contributed by atoms with Crippen molar-refractivity contribution < 1.29 is 14.3 Å². The SMILES string of the molecule is COC(=O)CNC(=O)CCc1ccc(C#N)cc1. The van der Waals surface area contributed by atoms with Crippen molar-refractivity contribution in [2.24, 2.45) is 0 Å². The first-order valence-electron chi connectivity index (χ1n) is 5.48. The highest BCUT2D eigenvalue weighted by atomic mass is 16.5. The van der Waals surface area contributed by atoms with Gasteiger partial charge in [-0.05, 0) is 24.1 Å². The van der Waals surface area contributed by atoms with E-state index in [1.54, 1.807) is 12.1 Å². The van der Waals surface area contributed by atoms with E-state index >= 15 is 0 Å². The number of nitrogens with one attached hydrogen (secondary N) is 1. The van der Waals surface area contributed by atoms with Gasteiger partial charge in [-0.25, -0.2) is 0 Å². The van der Waals surface area contributed by atoms with Gasteiger partial charge in [-0.2, -0.15) is 5.26 Å². The van der Waals surface area contributed by atoms with E-state index in [0.717, 1.165) is 5.56 Å². The summed E-state index contributed by atoms with van der Waals surface area (Å²) in [4.78, 5) is 22.2. The van der Waals surface area contributed by atoms with Gasteiger partial charge < -0.3 is 10.1 Å². The lowest BCUT2D eigenvalue weighted by Crippen LogP contribution is -2.30. The van der Waals surface area contributed by atoms with Gasteiger partial charge in [-0.1, -0.05) is 12.1 Å². The molecule has 0 spiro atoms. The molecule has 0 radical (unpaired) electrons. The average molecular weight is 246 g/mol. The Bertz CT molecular complexity index is 460. The molecule has 1 aromatic rings. The lowest BCUT2D eigenvalue weighted by molar-refractivity contribution is -0.141. The molecule has 0 aliphatic rings. The van der Waals surface area contributed by atoms with Crippen LogP contribution in [0.3, 0.4) is 0 Å². The number of carbonyl (C=O) groups is 2. The number of benzene rings is 1. The lowest BCUT2D eigenvalue weighted by Gasteiger charge is -2.04. The highest BCUT2D eigenvalue weighted by Crippen LogP contribution is 2.05. The second kappa shape index (κ2) is 7.07. The largest absolute Gasteiger partial charge is 0.468 e. The third-order valence-electron chi connectivity index (χ3n) is 2.38. The summed E-state index contributed by atoms with van der Waals surface area (Å²) in [5.41, 5.74) is 1.57. The van der Waals surface area contributed by atoms with Gasteiger partial charge in [0, 0.05) is 6.42 Å². The maximum atomic E-state index is 11.4. The monoisotopic (exact) mass is 246 g/mol. The van der Waals surface area contributed by atoms with Crippen LogP contribution in [0.5, 0.6) is 0 Å². The molecule has 0 bridgehead atoms. The van der Waals surface area contributed by atoms with Gasteiger partial charge in [0.15, 0.2) is 0 Å². The molecule has 0 saturated carbocycles. The Labute approximate surface area is 105 Å². The van der Waals surface area contributed by atoms with Crippen LogP contribution in [0.1, 0.15) is 17.5 Å². The minimum atomic E-state index is -0.471. The quantitative estimate of drug-likeness (QED) is 0.779. The van der Waals surface area contributed by atoms with Crippen LogP contribution in [0.4, 0.5) is 0 Å². The third-order valence-corrected chi connectivity index (χ3v) is 2.38. The van der Waals surface area contributed by atoms with E-state index in [-0.39, 0.29) is 12.5 Å². The van der Waals surface area contributed by atoms with E-state index in [9.17, 15) is 9.59 Å². The number of ether oxygens (including phenoxy) is 1. The molecule has 0 saturated heterocycles. The number of amides is 1. The molecular formula is C13H14N2O3. The van der Waals surface area contributed by atoms with Crippen molar-refractivity contribution in [3.8, 4) is 6.07 Å². The highest BCUT2D eigenvalue weighted by Gasteiger charge is 2.05. The molecule has 5 heteroatoms. The topological polar surface area (TPSA) is 79.2 Å². The highest BCUT2D eigenvalue weighted by molar-refractivity contribution is 5.81. The standard InChI is InChI=1S/C13H14N2O3/c1-18-13(17)9-15-12(16)7-6-10-2-4-11(8-14)5-3-10/h2-5H,6-7,9H2,1H3,(H,15,16). The second-order valence-corrected chi connectivity index (χ2v) is 3.66. The predicted molar refractivity (Wildman–Crippen MR) is 64.5 cm³/mol.